The van der Waals surface area contributed by atoms with Gasteiger partial charge in [-0.25, -0.2) is 0 Å². The lowest BCUT2D eigenvalue weighted by Crippen LogP contribution is -2.37. The second kappa shape index (κ2) is 6.75. The second-order valence-electron chi connectivity index (χ2n) is 4.94. The van der Waals surface area contributed by atoms with Crippen molar-refractivity contribution < 1.29 is 9.63 Å². The number of carbonyl (C=O) groups is 1. The normalized spacial score (nSPS) is 15.2. The zero-order valence-electron chi connectivity index (χ0n) is 11.8. The Labute approximate surface area is 124 Å². The van der Waals surface area contributed by atoms with Gasteiger partial charge in [0.2, 0.25) is 5.91 Å². The molecule has 20 heavy (non-hydrogen) atoms. The number of oxime groups is 1. The van der Waals surface area contributed by atoms with E-state index in [4.69, 9.17) is 16.4 Å². The Balaban J connectivity index is 2.12. The number of hydrogen-bond acceptors (Lipinski definition) is 3. The van der Waals surface area contributed by atoms with Crippen molar-refractivity contribution in [3.63, 3.8) is 0 Å². The third-order valence-corrected chi connectivity index (χ3v) is 3.51. The third-order valence-electron chi connectivity index (χ3n) is 3.32. The van der Waals surface area contributed by atoms with Crippen LogP contribution in [0.3, 0.4) is 0 Å². The maximum Gasteiger partial charge on any atom is 0.247 e. The Morgan fingerprint density at radius 3 is 2.70 bits per heavy atom. The predicted molar refractivity (Wildman–Crippen MR) is 81.2 cm³/mol. The summed E-state index contributed by atoms with van der Waals surface area (Å²) in [4.78, 5) is 19.1. The fourth-order valence-corrected chi connectivity index (χ4v) is 2.05. The van der Waals surface area contributed by atoms with Crippen LogP contribution >= 0.6 is 11.6 Å². The Hall–Kier alpha value is -1.55. The molecule has 2 rings (SSSR count). The van der Waals surface area contributed by atoms with E-state index in [9.17, 15) is 4.79 Å². The van der Waals surface area contributed by atoms with Crippen molar-refractivity contribution in [2.75, 3.05) is 11.6 Å². The number of amides is 1. The van der Waals surface area contributed by atoms with Crippen molar-refractivity contribution in [2.45, 2.75) is 38.5 Å². The highest BCUT2D eigenvalue weighted by Gasteiger charge is 2.22. The van der Waals surface area contributed by atoms with Gasteiger partial charge in [0.05, 0.1) is 11.4 Å². The molecule has 5 heteroatoms. The monoisotopic (exact) mass is 294 g/mol. The third kappa shape index (κ3) is 3.51. The minimum atomic E-state index is -0.602. The molecule has 108 valence electrons. The number of hydrogen-bond donors (Lipinski definition) is 0. The van der Waals surface area contributed by atoms with Gasteiger partial charge in [-0.3, -0.25) is 9.69 Å². The molecule has 1 atom stereocenters. The van der Waals surface area contributed by atoms with Crippen LogP contribution in [0.2, 0.25) is 0 Å². The number of anilines is 1. The first-order chi connectivity index (χ1) is 9.59. The van der Waals surface area contributed by atoms with Crippen molar-refractivity contribution in [3.8, 4) is 0 Å². The van der Waals surface area contributed by atoms with Crippen LogP contribution in [0.5, 0.6) is 0 Å². The molecule has 1 amide bonds. The van der Waals surface area contributed by atoms with Gasteiger partial charge in [0.25, 0.3) is 0 Å². The van der Waals surface area contributed by atoms with Crippen LogP contribution in [0.1, 0.15) is 31.7 Å². The molecule has 1 aromatic carbocycles. The number of para-hydroxylation sites is 1. The molecule has 1 aliphatic rings. The fourth-order valence-electron chi connectivity index (χ4n) is 1.94. The Bertz CT molecular complexity index is 508. The van der Waals surface area contributed by atoms with E-state index < -0.39 is 5.38 Å². The molecule has 0 bridgehead atoms. The van der Waals surface area contributed by atoms with E-state index in [0.29, 0.717) is 0 Å². The molecule has 0 saturated heterocycles. The minimum absolute atomic E-state index is 0.0875. The SMILES string of the molecule is Cc1ccccc1N(CON=C1CCC1)C(=O)C(C)Cl. The van der Waals surface area contributed by atoms with E-state index in [1.807, 2.05) is 31.2 Å². The number of aryl methyl sites for hydroxylation is 1. The summed E-state index contributed by atoms with van der Waals surface area (Å²) < 4.78 is 0. The van der Waals surface area contributed by atoms with Crippen LogP contribution in [0.4, 0.5) is 5.69 Å². The van der Waals surface area contributed by atoms with E-state index in [-0.39, 0.29) is 12.6 Å². The van der Waals surface area contributed by atoms with Crippen LogP contribution in [-0.4, -0.2) is 23.7 Å². The Kier molecular flexibility index (Phi) is 5.01. The summed E-state index contributed by atoms with van der Waals surface area (Å²) >= 11 is 5.92. The molecule has 4 nitrogen and oxygen atoms in total. The molecule has 1 aromatic rings. The fraction of sp³-hybridized carbons (Fsp3) is 0.467. The molecule has 1 aliphatic carbocycles. The molecule has 0 spiro atoms. The van der Waals surface area contributed by atoms with Crippen molar-refractivity contribution in [3.05, 3.63) is 29.8 Å². The number of alkyl halides is 1. The first-order valence-electron chi connectivity index (χ1n) is 6.78. The van der Waals surface area contributed by atoms with Gasteiger partial charge in [-0.2, -0.15) is 0 Å². The highest BCUT2D eigenvalue weighted by atomic mass is 35.5. The lowest BCUT2D eigenvalue weighted by Gasteiger charge is -2.24. The summed E-state index contributed by atoms with van der Waals surface area (Å²) in [7, 11) is 0. The lowest BCUT2D eigenvalue weighted by atomic mass is 9.98. The van der Waals surface area contributed by atoms with E-state index in [0.717, 1.165) is 29.8 Å². The van der Waals surface area contributed by atoms with Crippen LogP contribution in [0.25, 0.3) is 0 Å². The molecule has 0 heterocycles. The minimum Gasteiger partial charge on any atom is -0.373 e. The smallest absolute Gasteiger partial charge is 0.247 e. The van der Waals surface area contributed by atoms with Gasteiger partial charge in [-0.05, 0) is 44.7 Å². The van der Waals surface area contributed by atoms with Crippen LogP contribution in [0, 0.1) is 6.92 Å². The summed E-state index contributed by atoms with van der Waals surface area (Å²) in [5, 5.41) is 3.44. The van der Waals surface area contributed by atoms with Gasteiger partial charge in [-0.15, -0.1) is 11.6 Å². The van der Waals surface area contributed by atoms with Crippen LogP contribution in [0.15, 0.2) is 29.4 Å². The van der Waals surface area contributed by atoms with Crippen molar-refractivity contribution in [2.24, 2.45) is 5.16 Å². The molecule has 0 radical (unpaired) electrons. The maximum absolute atomic E-state index is 12.2. The maximum atomic E-state index is 12.2. The summed E-state index contributed by atoms with van der Waals surface area (Å²) in [5.41, 5.74) is 2.86. The molecule has 0 aromatic heterocycles. The van der Waals surface area contributed by atoms with Gasteiger partial charge in [0.15, 0.2) is 6.73 Å². The molecule has 1 unspecified atom stereocenters. The van der Waals surface area contributed by atoms with Crippen molar-refractivity contribution in [1.29, 1.82) is 0 Å². The molecular weight excluding hydrogens is 276 g/mol. The number of rotatable bonds is 5. The van der Waals surface area contributed by atoms with E-state index in [2.05, 4.69) is 5.16 Å². The van der Waals surface area contributed by atoms with E-state index in [1.54, 1.807) is 6.92 Å². The predicted octanol–water partition coefficient (Wildman–Crippen LogP) is 3.47. The van der Waals surface area contributed by atoms with Gasteiger partial charge in [0.1, 0.15) is 5.38 Å². The van der Waals surface area contributed by atoms with Crippen LogP contribution < -0.4 is 4.90 Å². The number of nitrogens with zero attached hydrogens (tertiary/aromatic N) is 2. The molecule has 1 saturated carbocycles. The first kappa shape index (κ1) is 14.9. The van der Waals surface area contributed by atoms with Gasteiger partial charge < -0.3 is 4.84 Å². The molecule has 1 fully saturated rings. The topological polar surface area (TPSA) is 41.9 Å². The van der Waals surface area contributed by atoms with Gasteiger partial charge in [-0.1, -0.05) is 23.4 Å². The van der Waals surface area contributed by atoms with Gasteiger partial charge >= 0.3 is 0 Å². The average Bonchev–Trinajstić information content (AvgIpc) is 2.37. The number of benzene rings is 1. The highest BCUT2D eigenvalue weighted by Crippen LogP contribution is 2.21. The summed E-state index contributed by atoms with van der Waals surface area (Å²) in [5.74, 6) is -0.185. The molecular formula is C15H19ClN2O2. The molecule has 0 aliphatic heterocycles. The average molecular weight is 295 g/mol. The van der Waals surface area contributed by atoms with Crippen LogP contribution in [-0.2, 0) is 9.63 Å². The lowest BCUT2D eigenvalue weighted by molar-refractivity contribution is -0.119. The molecule has 0 N–H and O–H groups in total. The Morgan fingerprint density at radius 2 is 2.15 bits per heavy atom. The summed E-state index contributed by atoms with van der Waals surface area (Å²) in [6.07, 6.45) is 3.15. The highest BCUT2D eigenvalue weighted by molar-refractivity contribution is 6.32. The van der Waals surface area contributed by atoms with E-state index in [1.165, 1.54) is 11.3 Å². The van der Waals surface area contributed by atoms with Gasteiger partial charge in [0, 0.05) is 0 Å². The summed E-state index contributed by atoms with van der Waals surface area (Å²) in [6.45, 7) is 3.70. The Morgan fingerprint density at radius 1 is 1.45 bits per heavy atom. The van der Waals surface area contributed by atoms with E-state index >= 15 is 0 Å². The zero-order chi connectivity index (χ0) is 14.5. The largest absolute Gasteiger partial charge is 0.373 e. The summed E-state index contributed by atoms with van der Waals surface area (Å²) in [6, 6.07) is 7.65. The zero-order valence-corrected chi connectivity index (χ0v) is 12.6. The quantitative estimate of drug-likeness (QED) is 0.474. The number of carbonyl (C=O) groups excluding carboxylic acids is 1. The van der Waals surface area contributed by atoms with Crippen molar-refractivity contribution in [1.82, 2.24) is 0 Å². The standard InChI is InChI=1S/C15H19ClN2O2/c1-11-6-3-4-9-14(11)18(15(19)12(2)16)10-20-17-13-7-5-8-13/h3-4,6,9,12H,5,7-8,10H2,1-2H3. The number of halogens is 1. The first-order valence-corrected chi connectivity index (χ1v) is 7.22. The second-order valence-corrected chi connectivity index (χ2v) is 5.59. The van der Waals surface area contributed by atoms with Crippen molar-refractivity contribution >= 4 is 28.9 Å².